The van der Waals surface area contributed by atoms with E-state index in [4.69, 9.17) is 5.73 Å². The normalized spacial score (nSPS) is 32.0. The molecule has 1 aliphatic heterocycles. The molecule has 3 heterocycles. The maximum Gasteiger partial charge on any atom is 0.435 e. The highest BCUT2D eigenvalue weighted by atomic mass is 19.4. The second-order valence-electron chi connectivity index (χ2n) is 12.2. The molecule has 0 amide bonds. The van der Waals surface area contributed by atoms with Gasteiger partial charge in [-0.1, -0.05) is 55.5 Å². The molecule has 4 aliphatic rings. The predicted octanol–water partition coefficient (Wildman–Crippen LogP) is 5.49. The van der Waals surface area contributed by atoms with Crippen LogP contribution in [0.4, 0.5) is 19.0 Å². The van der Waals surface area contributed by atoms with Crippen molar-refractivity contribution in [1.29, 1.82) is 0 Å². The molecule has 1 aromatic carbocycles. The third kappa shape index (κ3) is 3.93. The van der Waals surface area contributed by atoms with Crippen molar-refractivity contribution in [3.63, 3.8) is 0 Å². The molecule has 3 aromatic rings. The van der Waals surface area contributed by atoms with E-state index in [1.54, 1.807) is 6.20 Å². The maximum absolute atomic E-state index is 13.5. The fraction of sp³-hybridized carbons (Fsp3) is 0.419. The van der Waals surface area contributed by atoms with Crippen LogP contribution in [-0.2, 0) is 6.18 Å². The molecule has 0 saturated heterocycles. The Balaban J connectivity index is 1.28. The van der Waals surface area contributed by atoms with Crippen LogP contribution < -0.4 is 10.6 Å². The van der Waals surface area contributed by atoms with Gasteiger partial charge >= 0.3 is 6.18 Å². The van der Waals surface area contributed by atoms with E-state index < -0.39 is 23.0 Å². The molecule has 3 unspecified atom stereocenters. The summed E-state index contributed by atoms with van der Waals surface area (Å²) in [5.74, 6) is 1.06. The Kier molecular flexibility index (Phi) is 5.45. The number of anilines is 1. The van der Waals surface area contributed by atoms with Gasteiger partial charge < -0.3 is 15.7 Å². The highest BCUT2D eigenvalue weighted by molar-refractivity contribution is 5.92. The first-order valence-electron chi connectivity index (χ1n) is 13.8. The Morgan fingerprint density at radius 2 is 1.85 bits per heavy atom. The van der Waals surface area contributed by atoms with E-state index in [2.05, 4.69) is 47.4 Å². The lowest BCUT2D eigenvalue weighted by Gasteiger charge is -2.53. The summed E-state index contributed by atoms with van der Waals surface area (Å²) in [6.45, 7) is 2.16. The fourth-order valence-corrected chi connectivity index (χ4v) is 7.19. The molecule has 208 valence electrons. The van der Waals surface area contributed by atoms with Crippen LogP contribution in [0.25, 0.3) is 17.3 Å². The molecule has 2 aromatic heterocycles. The second kappa shape index (κ2) is 8.54. The van der Waals surface area contributed by atoms with Crippen molar-refractivity contribution in [2.75, 3.05) is 11.9 Å². The zero-order valence-electron chi connectivity index (χ0n) is 22.4. The summed E-state index contributed by atoms with van der Waals surface area (Å²) in [4.78, 5) is 6.34. The number of hydrogen-bond donors (Lipinski definition) is 2. The third-order valence-electron chi connectivity index (χ3n) is 9.33. The van der Waals surface area contributed by atoms with E-state index in [9.17, 15) is 18.3 Å². The molecule has 7 rings (SSSR count). The van der Waals surface area contributed by atoms with Gasteiger partial charge in [0.05, 0.1) is 11.6 Å². The molecule has 2 saturated carbocycles. The van der Waals surface area contributed by atoms with Crippen molar-refractivity contribution in [1.82, 2.24) is 14.6 Å². The van der Waals surface area contributed by atoms with Crippen molar-refractivity contribution in [3.8, 4) is 0 Å². The summed E-state index contributed by atoms with van der Waals surface area (Å²) in [5.41, 5.74) is 8.69. The number of nitrogens with two attached hydrogens (primary N) is 1. The second-order valence-corrected chi connectivity index (χ2v) is 12.2. The number of benzene rings is 1. The van der Waals surface area contributed by atoms with Crippen molar-refractivity contribution < 1.29 is 18.3 Å². The number of alkyl halides is 3. The van der Waals surface area contributed by atoms with E-state index in [-0.39, 0.29) is 23.5 Å². The van der Waals surface area contributed by atoms with Crippen molar-refractivity contribution in [2.24, 2.45) is 23.5 Å². The van der Waals surface area contributed by atoms with Gasteiger partial charge in [0.25, 0.3) is 0 Å². The van der Waals surface area contributed by atoms with Crippen LogP contribution in [0.2, 0.25) is 0 Å². The number of hydrogen-bond acceptors (Lipinski definition) is 5. The van der Waals surface area contributed by atoms with Crippen molar-refractivity contribution in [3.05, 3.63) is 83.2 Å². The number of likely N-dealkylation sites (N-methyl/N-ethyl adjacent to an activating group) is 1. The molecular formula is C31H32F3N5O. The van der Waals surface area contributed by atoms with Crippen LogP contribution in [0.1, 0.15) is 49.4 Å². The van der Waals surface area contributed by atoms with E-state index in [1.807, 2.05) is 36.2 Å². The van der Waals surface area contributed by atoms with Crippen molar-refractivity contribution in [2.45, 2.75) is 56.0 Å². The summed E-state index contributed by atoms with van der Waals surface area (Å²) in [6, 6.07) is 10.9. The molecule has 3 atom stereocenters. The predicted molar refractivity (Wildman–Crippen MR) is 148 cm³/mol. The van der Waals surface area contributed by atoms with Crippen molar-refractivity contribution >= 4 is 23.1 Å². The third-order valence-corrected chi connectivity index (χ3v) is 9.33. The number of halogens is 3. The SMILES string of the molecule is CC1C=C(C2(N)CC(O)(C3CC3)C2)C=CC1C1C(c2ccccc2)=Cc2cnc3cc(C(F)(F)F)nn3c2N1C. The van der Waals surface area contributed by atoms with Crippen LogP contribution in [0.15, 0.2) is 66.4 Å². The van der Waals surface area contributed by atoms with Crippen LogP contribution in [0.3, 0.4) is 0 Å². The Bertz CT molecular complexity index is 1580. The highest BCUT2D eigenvalue weighted by Gasteiger charge is 2.59. The van der Waals surface area contributed by atoms with Crippen LogP contribution in [-0.4, -0.2) is 43.9 Å². The number of rotatable bonds is 4. The molecule has 0 radical (unpaired) electrons. The number of aliphatic hydroxyl groups is 1. The van der Waals surface area contributed by atoms with Gasteiger partial charge in [-0.05, 0) is 60.3 Å². The van der Waals surface area contributed by atoms with Gasteiger partial charge in [0, 0.05) is 36.3 Å². The number of nitrogens with zero attached hydrogens (tertiary/aromatic N) is 4. The van der Waals surface area contributed by atoms with Gasteiger partial charge in [-0.15, -0.1) is 0 Å². The molecule has 0 spiro atoms. The summed E-state index contributed by atoms with van der Waals surface area (Å²) >= 11 is 0. The molecule has 2 fully saturated rings. The average Bonchev–Trinajstić information content (AvgIpc) is 3.66. The lowest BCUT2D eigenvalue weighted by molar-refractivity contribution is -0.141. The molecule has 40 heavy (non-hydrogen) atoms. The molecule has 3 aliphatic carbocycles. The van der Waals surface area contributed by atoms with Crippen LogP contribution in [0.5, 0.6) is 0 Å². The molecule has 0 bridgehead atoms. The van der Waals surface area contributed by atoms with E-state index in [0.717, 1.165) is 35.6 Å². The largest absolute Gasteiger partial charge is 0.435 e. The quantitative estimate of drug-likeness (QED) is 0.452. The minimum atomic E-state index is -4.56. The Morgan fingerprint density at radius 1 is 1.12 bits per heavy atom. The molecule has 9 heteroatoms. The summed E-state index contributed by atoms with van der Waals surface area (Å²) < 4.78 is 42.0. The summed E-state index contributed by atoms with van der Waals surface area (Å²) in [6.07, 6.45) is 8.91. The van der Waals surface area contributed by atoms with Gasteiger partial charge in [0.1, 0.15) is 5.82 Å². The van der Waals surface area contributed by atoms with Gasteiger partial charge in [0.15, 0.2) is 11.3 Å². The zero-order chi connectivity index (χ0) is 28.0. The van der Waals surface area contributed by atoms with Gasteiger partial charge in [-0.25, -0.2) is 4.98 Å². The lowest BCUT2D eigenvalue weighted by Crippen LogP contribution is -2.64. The van der Waals surface area contributed by atoms with E-state index in [1.165, 1.54) is 4.52 Å². The van der Waals surface area contributed by atoms with Gasteiger partial charge in [-0.2, -0.15) is 22.8 Å². The topological polar surface area (TPSA) is 79.7 Å². The van der Waals surface area contributed by atoms with Gasteiger partial charge in [-0.3, -0.25) is 0 Å². The van der Waals surface area contributed by atoms with Gasteiger partial charge in [0.2, 0.25) is 0 Å². The highest BCUT2D eigenvalue weighted by Crippen LogP contribution is 2.56. The number of aromatic nitrogens is 3. The average molecular weight is 548 g/mol. The zero-order valence-corrected chi connectivity index (χ0v) is 22.4. The molecule has 6 nitrogen and oxygen atoms in total. The first-order valence-corrected chi connectivity index (χ1v) is 13.8. The monoisotopic (exact) mass is 547 g/mol. The Morgan fingerprint density at radius 3 is 2.50 bits per heavy atom. The van der Waals surface area contributed by atoms with Crippen LogP contribution >= 0.6 is 0 Å². The lowest BCUT2D eigenvalue weighted by atomic mass is 9.58. The first kappa shape index (κ1) is 25.5. The maximum atomic E-state index is 13.5. The summed E-state index contributed by atoms with van der Waals surface area (Å²) in [5, 5.41) is 14.9. The first-order chi connectivity index (χ1) is 19.0. The smallest absolute Gasteiger partial charge is 0.389 e. The Labute approximate surface area is 230 Å². The fourth-order valence-electron chi connectivity index (χ4n) is 7.19. The number of fused-ring (bicyclic) bond motifs is 3. The van der Waals surface area contributed by atoms with E-state index in [0.29, 0.717) is 30.1 Å². The molecular weight excluding hydrogens is 515 g/mol. The van der Waals surface area contributed by atoms with E-state index >= 15 is 0 Å². The summed E-state index contributed by atoms with van der Waals surface area (Å²) in [7, 11) is 1.92. The minimum absolute atomic E-state index is 0.0141. The standard InChI is InChI=1S/C31H32F3N5O/c1-18-12-22(29(35)16-30(40,17-29)21-8-9-21)10-11-23(18)27-24(19-6-4-3-5-7-19)13-20-15-36-26-14-25(31(32,33)34)37-39(26)28(20)38(27)2/h3-7,10-15,18,21,23,27,40H,8-9,16-17,35H2,1-2H3. The Hall–Kier alpha value is -3.43. The number of allylic oxidation sites excluding steroid dienone is 1. The minimum Gasteiger partial charge on any atom is -0.389 e. The molecule has 3 N–H and O–H groups in total. The van der Waals surface area contributed by atoms with Crippen LogP contribution in [0, 0.1) is 17.8 Å².